The van der Waals surface area contributed by atoms with Crippen molar-refractivity contribution in [3.63, 3.8) is 0 Å². The highest BCUT2D eigenvalue weighted by Gasteiger charge is 2.51. The summed E-state index contributed by atoms with van der Waals surface area (Å²) in [5, 5.41) is 13.8. The van der Waals surface area contributed by atoms with E-state index in [-0.39, 0.29) is 30.5 Å². The van der Waals surface area contributed by atoms with Crippen molar-refractivity contribution < 1.29 is 8.78 Å². The lowest BCUT2D eigenvalue weighted by molar-refractivity contribution is -0.0257. The molecule has 3 rings (SSSR count). The Kier molecular flexibility index (Phi) is 4.56. The molecule has 1 aromatic carbocycles. The highest BCUT2D eigenvalue weighted by molar-refractivity contribution is 9.10. The van der Waals surface area contributed by atoms with Gasteiger partial charge in [0.2, 0.25) is 0 Å². The largest absolute Gasteiger partial charge is 0.383 e. The summed E-state index contributed by atoms with van der Waals surface area (Å²) in [7, 11) is 0. The summed E-state index contributed by atoms with van der Waals surface area (Å²) in [5.74, 6) is -2.98. The summed E-state index contributed by atoms with van der Waals surface area (Å²) in [6, 6.07) is 7.95. The van der Waals surface area contributed by atoms with E-state index in [4.69, 9.17) is 5.73 Å². The maximum absolute atomic E-state index is 14.5. The van der Waals surface area contributed by atoms with Crippen LogP contribution in [0.25, 0.3) is 11.3 Å². The van der Waals surface area contributed by atoms with Crippen LogP contribution in [0.2, 0.25) is 0 Å². The predicted octanol–water partition coefficient (Wildman–Crippen LogP) is 3.67. The molecular weight excluding hydrogens is 392 g/mol. The Bertz CT molecular complexity index is 823. The third-order valence-corrected chi connectivity index (χ3v) is 5.04. The Morgan fingerprint density at radius 1 is 1.36 bits per heavy atom. The molecule has 0 saturated carbocycles. The van der Waals surface area contributed by atoms with Crippen molar-refractivity contribution in [2.75, 3.05) is 18.8 Å². The van der Waals surface area contributed by atoms with Gasteiger partial charge in [-0.1, -0.05) is 28.1 Å². The van der Waals surface area contributed by atoms with Gasteiger partial charge < -0.3 is 5.73 Å². The minimum absolute atomic E-state index is 0.00552. The molecular formula is C17H18BrF2N5. The summed E-state index contributed by atoms with van der Waals surface area (Å²) in [6.45, 7) is 3.54. The zero-order valence-electron chi connectivity index (χ0n) is 13.9. The molecule has 1 fully saturated rings. The first-order valence-electron chi connectivity index (χ1n) is 7.90. The minimum Gasteiger partial charge on any atom is -0.383 e. The van der Waals surface area contributed by atoms with Gasteiger partial charge in [0.25, 0.3) is 5.92 Å². The SMILES string of the molecule is CC(C)N1CC(n2nc(-c3ccc(Br)cc3)c(C#N)c2N)C(F)(F)C1. The van der Waals surface area contributed by atoms with Crippen molar-refractivity contribution in [2.24, 2.45) is 0 Å². The van der Waals surface area contributed by atoms with E-state index in [9.17, 15) is 14.0 Å². The number of nitrogens with two attached hydrogens (primary N) is 1. The third kappa shape index (κ3) is 3.14. The van der Waals surface area contributed by atoms with Crippen LogP contribution in [0.15, 0.2) is 28.7 Å². The van der Waals surface area contributed by atoms with Gasteiger partial charge in [-0.05, 0) is 26.0 Å². The van der Waals surface area contributed by atoms with Gasteiger partial charge in [-0.15, -0.1) is 0 Å². The molecule has 1 atom stereocenters. The number of rotatable bonds is 3. The average molecular weight is 410 g/mol. The van der Waals surface area contributed by atoms with Crippen LogP contribution in [-0.4, -0.2) is 39.7 Å². The van der Waals surface area contributed by atoms with Crippen LogP contribution in [-0.2, 0) is 0 Å². The molecule has 1 aliphatic heterocycles. The Morgan fingerprint density at radius 3 is 2.52 bits per heavy atom. The molecule has 0 spiro atoms. The molecule has 2 N–H and O–H groups in total. The molecule has 0 bridgehead atoms. The number of anilines is 1. The lowest BCUT2D eigenvalue weighted by atomic mass is 10.1. The summed E-state index contributed by atoms with van der Waals surface area (Å²) in [6.07, 6.45) is 0. The molecule has 1 aromatic heterocycles. The molecule has 1 aliphatic rings. The molecule has 8 heteroatoms. The minimum atomic E-state index is -2.96. The second kappa shape index (κ2) is 6.39. The number of likely N-dealkylation sites (tertiary alicyclic amines) is 1. The van der Waals surface area contributed by atoms with Gasteiger partial charge in [0.1, 0.15) is 29.2 Å². The molecule has 0 amide bonds. The maximum Gasteiger partial charge on any atom is 0.283 e. The third-order valence-electron chi connectivity index (χ3n) is 4.51. The summed E-state index contributed by atoms with van der Waals surface area (Å²) < 4.78 is 31.1. The summed E-state index contributed by atoms with van der Waals surface area (Å²) in [5.41, 5.74) is 7.13. The van der Waals surface area contributed by atoms with Crippen LogP contribution in [0.4, 0.5) is 14.6 Å². The van der Waals surface area contributed by atoms with Crippen LogP contribution in [0, 0.1) is 11.3 Å². The van der Waals surface area contributed by atoms with Crippen LogP contribution >= 0.6 is 15.9 Å². The van der Waals surface area contributed by atoms with Crippen molar-refractivity contribution in [1.82, 2.24) is 14.7 Å². The Labute approximate surface area is 153 Å². The molecule has 132 valence electrons. The van der Waals surface area contributed by atoms with Gasteiger partial charge in [0.15, 0.2) is 0 Å². The number of alkyl halides is 2. The Hall–Kier alpha value is -1.98. The van der Waals surface area contributed by atoms with E-state index in [1.165, 1.54) is 0 Å². The molecule has 2 heterocycles. The van der Waals surface area contributed by atoms with Crippen molar-refractivity contribution in [1.29, 1.82) is 5.26 Å². The molecule has 1 saturated heterocycles. The number of hydrogen-bond acceptors (Lipinski definition) is 4. The number of halogens is 3. The normalized spacial score (nSPS) is 20.1. The first-order chi connectivity index (χ1) is 11.7. The quantitative estimate of drug-likeness (QED) is 0.839. The average Bonchev–Trinajstić information content (AvgIpc) is 3.04. The van der Waals surface area contributed by atoms with E-state index in [2.05, 4.69) is 21.0 Å². The number of benzene rings is 1. The van der Waals surface area contributed by atoms with Crippen molar-refractivity contribution in [2.45, 2.75) is 31.9 Å². The first-order valence-corrected chi connectivity index (χ1v) is 8.69. The highest BCUT2D eigenvalue weighted by atomic mass is 79.9. The summed E-state index contributed by atoms with van der Waals surface area (Å²) >= 11 is 3.34. The van der Waals surface area contributed by atoms with Crippen LogP contribution in [0.5, 0.6) is 0 Å². The predicted molar refractivity (Wildman–Crippen MR) is 95.2 cm³/mol. The van der Waals surface area contributed by atoms with E-state index in [0.29, 0.717) is 11.3 Å². The second-order valence-corrected chi connectivity index (χ2v) is 7.39. The Morgan fingerprint density at radius 2 is 2.00 bits per heavy atom. The second-order valence-electron chi connectivity index (χ2n) is 6.47. The van der Waals surface area contributed by atoms with Gasteiger partial charge in [0.05, 0.1) is 6.54 Å². The van der Waals surface area contributed by atoms with Gasteiger partial charge >= 0.3 is 0 Å². The summed E-state index contributed by atoms with van der Waals surface area (Å²) in [4.78, 5) is 1.69. The molecule has 5 nitrogen and oxygen atoms in total. The Balaban J connectivity index is 2.07. The molecule has 0 aliphatic carbocycles. The number of nitrogen functional groups attached to an aromatic ring is 1. The zero-order valence-corrected chi connectivity index (χ0v) is 15.5. The maximum atomic E-state index is 14.5. The molecule has 1 unspecified atom stereocenters. The van der Waals surface area contributed by atoms with Crippen molar-refractivity contribution in [3.05, 3.63) is 34.3 Å². The van der Waals surface area contributed by atoms with E-state index in [1.807, 2.05) is 19.9 Å². The van der Waals surface area contributed by atoms with Crippen molar-refractivity contribution >= 4 is 21.7 Å². The number of nitriles is 1. The van der Waals surface area contributed by atoms with Gasteiger partial charge in [-0.2, -0.15) is 10.4 Å². The lowest BCUT2D eigenvalue weighted by Crippen LogP contribution is -2.32. The number of nitrogens with zero attached hydrogens (tertiary/aromatic N) is 4. The van der Waals surface area contributed by atoms with Crippen LogP contribution in [0.1, 0.15) is 25.5 Å². The molecule has 0 radical (unpaired) electrons. The van der Waals surface area contributed by atoms with E-state index >= 15 is 0 Å². The van der Waals surface area contributed by atoms with E-state index in [0.717, 1.165) is 9.15 Å². The van der Waals surface area contributed by atoms with Gasteiger partial charge in [0, 0.05) is 22.6 Å². The number of aromatic nitrogens is 2. The van der Waals surface area contributed by atoms with Crippen LogP contribution in [0.3, 0.4) is 0 Å². The van der Waals surface area contributed by atoms with Crippen molar-refractivity contribution in [3.8, 4) is 17.3 Å². The number of hydrogen-bond donors (Lipinski definition) is 1. The van der Waals surface area contributed by atoms with Gasteiger partial charge in [-0.3, -0.25) is 4.90 Å². The van der Waals surface area contributed by atoms with Gasteiger partial charge in [-0.25, -0.2) is 13.5 Å². The monoisotopic (exact) mass is 409 g/mol. The topological polar surface area (TPSA) is 70.9 Å². The fourth-order valence-corrected chi connectivity index (χ4v) is 3.32. The molecule has 2 aromatic rings. The smallest absolute Gasteiger partial charge is 0.283 e. The van der Waals surface area contributed by atoms with E-state index < -0.39 is 12.0 Å². The highest BCUT2D eigenvalue weighted by Crippen LogP contribution is 2.40. The molecule has 25 heavy (non-hydrogen) atoms. The standard InChI is InChI=1S/C17H18BrF2N5/c1-10(2)24-8-14(17(19,20)9-24)25-16(22)13(7-21)15(23-25)11-3-5-12(18)6-4-11/h3-6,10,14H,8-9,22H2,1-2H3. The van der Waals surface area contributed by atoms with Crippen LogP contribution < -0.4 is 5.73 Å². The first kappa shape index (κ1) is 17.8. The van der Waals surface area contributed by atoms with E-state index in [1.54, 1.807) is 29.2 Å². The fourth-order valence-electron chi connectivity index (χ4n) is 3.05. The lowest BCUT2D eigenvalue weighted by Gasteiger charge is -2.19. The zero-order chi connectivity index (χ0) is 18.4. The fraction of sp³-hybridized carbons (Fsp3) is 0.412.